The van der Waals surface area contributed by atoms with E-state index in [9.17, 15) is 4.79 Å². The molecule has 2 aromatic carbocycles. The predicted octanol–water partition coefficient (Wildman–Crippen LogP) is 5.26. The van der Waals surface area contributed by atoms with E-state index in [2.05, 4.69) is 5.16 Å². The van der Waals surface area contributed by atoms with Gasteiger partial charge in [-0.05, 0) is 29.4 Å². The Morgan fingerprint density at radius 3 is 2.72 bits per heavy atom. The van der Waals surface area contributed by atoms with Gasteiger partial charge in [0.25, 0.3) is 5.55 Å². The van der Waals surface area contributed by atoms with Crippen molar-refractivity contribution in [2.75, 3.05) is 7.11 Å². The van der Waals surface area contributed by atoms with Crippen LogP contribution in [0.4, 0.5) is 0 Å². The van der Waals surface area contributed by atoms with E-state index in [-0.39, 0.29) is 5.55 Å². The molecular weight excluding hydrogens is 412 g/mol. The number of thiazole rings is 1. The highest BCUT2D eigenvalue weighted by molar-refractivity contribution is 7.13. The van der Waals surface area contributed by atoms with Crippen molar-refractivity contribution in [2.24, 2.45) is 5.16 Å². The summed E-state index contributed by atoms with van der Waals surface area (Å²) in [7, 11) is 1.56. The lowest BCUT2D eigenvalue weighted by Crippen LogP contribution is -2.08. The largest absolute Gasteiger partial charge is 0.493 e. The van der Waals surface area contributed by atoms with E-state index in [0.29, 0.717) is 26.9 Å². The molecule has 2 heterocycles. The van der Waals surface area contributed by atoms with Crippen LogP contribution in [-0.2, 0) is 9.63 Å². The number of carbonyl (C=O) groups is 1. The first-order valence-corrected chi connectivity index (χ1v) is 9.85. The van der Waals surface area contributed by atoms with Gasteiger partial charge < -0.3 is 14.0 Å². The maximum atomic E-state index is 11.3. The van der Waals surface area contributed by atoms with Crippen LogP contribution in [0.5, 0.6) is 5.75 Å². The zero-order chi connectivity index (χ0) is 20.4. The first-order chi connectivity index (χ1) is 14.0. The maximum absolute atomic E-state index is 11.3. The van der Waals surface area contributed by atoms with Crippen LogP contribution in [0.3, 0.4) is 0 Å². The second-order valence-electron chi connectivity index (χ2n) is 6.06. The number of ether oxygens (including phenoxy) is 1. The quantitative estimate of drug-likeness (QED) is 0.328. The van der Waals surface area contributed by atoms with Gasteiger partial charge in [-0.2, -0.15) is 0 Å². The maximum Gasteiger partial charge on any atom is 0.332 e. The first kappa shape index (κ1) is 19.2. The molecule has 0 spiro atoms. The third kappa shape index (κ3) is 4.01. The fourth-order valence-corrected chi connectivity index (χ4v) is 3.73. The number of carbonyl (C=O) groups excluding carboxylic acids is 1. The van der Waals surface area contributed by atoms with Gasteiger partial charge in [0, 0.05) is 28.3 Å². The molecular formula is C21H15ClN2O4S. The van der Waals surface area contributed by atoms with Crippen LogP contribution in [0.15, 0.2) is 63.5 Å². The van der Waals surface area contributed by atoms with E-state index in [1.807, 2.05) is 47.8 Å². The zero-order valence-electron chi connectivity index (χ0n) is 15.5. The summed E-state index contributed by atoms with van der Waals surface area (Å²) in [6.07, 6.45) is 0. The average molecular weight is 427 g/mol. The summed E-state index contributed by atoms with van der Waals surface area (Å²) in [6.45, 7) is 1.27. The summed E-state index contributed by atoms with van der Waals surface area (Å²) >= 11 is 7.40. The molecule has 8 heteroatoms. The van der Waals surface area contributed by atoms with Crippen LogP contribution in [0.25, 0.3) is 32.8 Å². The van der Waals surface area contributed by atoms with Crippen LogP contribution in [0.1, 0.15) is 6.92 Å². The van der Waals surface area contributed by atoms with E-state index in [1.54, 1.807) is 13.2 Å². The number of benzene rings is 2. The van der Waals surface area contributed by atoms with Crippen molar-refractivity contribution in [3.63, 3.8) is 0 Å². The Hall–Kier alpha value is -3.16. The molecule has 0 aliphatic heterocycles. The first-order valence-electron chi connectivity index (χ1n) is 8.59. The minimum Gasteiger partial charge on any atom is -0.493 e. The van der Waals surface area contributed by atoms with Crippen LogP contribution in [0.2, 0.25) is 5.02 Å². The predicted molar refractivity (Wildman–Crippen MR) is 112 cm³/mol. The molecule has 0 radical (unpaired) electrons. The second-order valence-corrected chi connectivity index (χ2v) is 7.36. The number of hydrogen-bond donors (Lipinski definition) is 0. The molecule has 2 aromatic heterocycles. The Balaban J connectivity index is 1.88. The summed E-state index contributed by atoms with van der Waals surface area (Å²) in [5.74, 6) is 0.00147. The standard InChI is InChI=1S/C21H15ClN2O4S/c1-12(25)28-24-20-16(10-14-4-3-5-18(26-2)19(14)27-20)21-23-17(11-29-21)13-6-8-15(22)9-7-13/h3-11H,1-2H3/b24-20+. The van der Waals surface area contributed by atoms with E-state index < -0.39 is 5.97 Å². The van der Waals surface area contributed by atoms with Crippen molar-refractivity contribution in [1.82, 2.24) is 4.98 Å². The molecule has 0 N–H and O–H groups in total. The lowest BCUT2D eigenvalue weighted by molar-refractivity contribution is -0.141. The Morgan fingerprint density at radius 2 is 2.00 bits per heavy atom. The van der Waals surface area contributed by atoms with Gasteiger partial charge in [0.15, 0.2) is 11.3 Å². The molecule has 0 aliphatic carbocycles. The molecule has 0 amide bonds. The molecule has 0 atom stereocenters. The number of aromatic nitrogens is 1. The van der Waals surface area contributed by atoms with Gasteiger partial charge in [0.1, 0.15) is 5.01 Å². The highest BCUT2D eigenvalue weighted by atomic mass is 35.5. The molecule has 0 aliphatic rings. The van der Waals surface area contributed by atoms with Crippen molar-refractivity contribution >= 4 is 39.9 Å². The van der Waals surface area contributed by atoms with E-state index >= 15 is 0 Å². The number of fused-ring (bicyclic) bond motifs is 1. The van der Waals surface area contributed by atoms with Crippen LogP contribution in [0, 0.1) is 0 Å². The summed E-state index contributed by atoms with van der Waals surface area (Å²) in [5, 5.41) is 7.96. The highest BCUT2D eigenvalue weighted by Crippen LogP contribution is 2.31. The summed E-state index contributed by atoms with van der Waals surface area (Å²) in [5.41, 5.74) is 2.98. The third-order valence-corrected chi connectivity index (χ3v) is 5.22. The third-order valence-electron chi connectivity index (χ3n) is 4.09. The average Bonchev–Trinajstić information content (AvgIpc) is 3.21. The molecule has 29 heavy (non-hydrogen) atoms. The Labute approximate surface area is 175 Å². The monoisotopic (exact) mass is 426 g/mol. The van der Waals surface area contributed by atoms with Crippen molar-refractivity contribution in [2.45, 2.75) is 6.92 Å². The normalized spacial score (nSPS) is 11.6. The number of methoxy groups -OCH3 is 1. The molecule has 4 rings (SSSR count). The van der Waals surface area contributed by atoms with Gasteiger partial charge in [-0.15, -0.1) is 11.3 Å². The Morgan fingerprint density at radius 1 is 1.21 bits per heavy atom. The van der Waals surface area contributed by atoms with Crippen molar-refractivity contribution < 1.29 is 18.8 Å². The smallest absolute Gasteiger partial charge is 0.332 e. The van der Waals surface area contributed by atoms with E-state index in [4.69, 9.17) is 30.6 Å². The molecule has 0 saturated heterocycles. The Kier molecular flexibility index (Phi) is 5.33. The fraction of sp³-hybridized carbons (Fsp3) is 0.0952. The summed E-state index contributed by atoms with van der Waals surface area (Å²) < 4.78 is 11.3. The highest BCUT2D eigenvalue weighted by Gasteiger charge is 2.14. The molecule has 0 bridgehead atoms. The van der Waals surface area contributed by atoms with Gasteiger partial charge in [-0.3, -0.25) is 0 Å². The summed E-state index contributed by atoms with van der Waals surface area (Å²) in [4.78, 5) is 20.8. The lowest BCUT2D eigenvalue weighted by atomic mass is 10.1. The molecule has 0 fully saturated rings. The van der Waals surface area contributed by atoms with Crippen LogP contribution in [-0.4, -0.2) is 18.1 Å². The number of halogens is 1. The minimum absolute atomic E-state index is 0.134. The molecule has 6 nitrogen and oxygen atoms in total. The van der Waals surface area contributed by atoms with Gasteiger partial charge in [-0.25, -0.2) is 9.78 Å². The summed E-state index contributed by atoms with van der Waals surface area (Å²) in [6, 6.07) is 14.9. The van der Waals surface area contributed by atoms with Crippen molar-refractivity contribution in [1.29, 1.82) is 0 Å². The molecule has 146 valence electrons. The van der Waals surface area contributed by atoms with Crippen LogP contribution >= 0.6 is 22.9 Å². The SMILES string of the molecule is COc1cccc2cc(-c3nc(-c4ccc(Cl)cc4)cs3)/c(=N\OC(C)=O)oc12. The van der Waals surface area contributed by atoms with Gasteiger partial charge >= 0.3 is 5.97 Å². The number of hydrogen-bond acceptors (Lipinski definition) is 7. The van der Waals surface area contributed by atoms with Crippen molar-refractivity contribution in [3.05, 3.63) is 64.5 Å². The number of rotatable bonds is 4. The minimum atomic E-state index is -0.549. The molecule has 0 saturated carbocycles. The molecule has 4 aromatic rings. The fourth-order valence-electron chi connectivity index (χ4n) is 2.76. The second kappa shape index (κ2) is 8.06. The zero-order valence-corrected chi connectivity index (χ0v) is 17.1. The Bertz CT molecular complexity index is 1260. The topological polar surface area (TPSA) is 73.9 Å². The van der Waals surface area contributed by atoms with Crippen LogP contribution < -0.4 is 10.3 Å². The van der Waals surface area contributed by atoms with E-state index in [0.717, 1.165) is 16.6 Å². The molecule has 0 unspecified atom stereocenters. The van der Waals surface area contributed by atoms with Gasteiger partial charge in [0.05, 0.1) is 18.4 Å². The van der Waals surface area contributed by atoms with E-state index in [1.165, 1.54) is 18.3 Å². The number of nitrogens with zero attached hydrogens (tertiary/aromatic N) is 2. The lowest BCUT2D eigenvalue weighted by Gasteiger charge is -2.06. The van der Waals surface area contributed by atoms with Gasteiger partial charge in [0.2, 0.25) is 0 Å². The number of para-hydroxylation sites is 1. The van der Waals surface area contributed by atoms with Crippen molar-refractivity contribution in [3.8, 4) is 27.6 Å². The van der Waals surface area contributed by atoms with Gasteiger partial charge in [-0.1, -0.05) is 35.9 Å².